The number of aliphatic hydroxyl groups is 2. The smallest absolute Gasteiger partial charge is 0.253 e. The van der Waals surface area contributed by atoms with E-state index in [0.717, 1.165) is 11.1 Å². The molecule has 3 N–H and O–H groups in total. The van der Waals surface area contributed by atoms with Crippen LogP contribution in [0.1, 0.15) is 47.4 Å². The Morgan fingerprint density at radius 3 is 2.21 bits per heavy atom. The lowest BCUT2D eigenvalue weighted by Crippen LogP contribution is -2.40. The van der Waals surface area contributed by atoms with E-state index in [2.05, 4.69) is 5.32 Å². The first kappa shape index (κ1) is 31.1. The van der Waals surface area contributed by atoms with Gasteiger partial charge in [-0.15, -0.1) is 12.4 Å². The van der Waals surface area contributed by atoms with Gasteiger partial charge < -0.3 is 20.4 Å². The van der Waals surface area contributed by atoms with Crippen molar-refractivity contribution in [1.29, 1.82) is 0 Å². The molecular formula is C29H34Cl2N2O5S. The molecule has 1 aliphatic rings. The lowest BCUT2D eigenvalue weighted by molar-refractivity contribution is 0.0546. The van der Waals surface area contributed by atoms with Crippen LogP contribution in [0.5, 0.6) is 0 Å². The van der Waals surface area contributed by atoms with Crippen molar-refractivity contribution in [3.63, 3.8) is 0 Å². The fourth-order valence-electron chi connectivity index (χ4n) is 4.54. The summed E-state index contributed by atoms with van der Waals surface area (Å²) in [6, 6.07) is 20.0. The van der Waals surface area contributed by atoms with E-state index in [1.54, 1.807) is 59.5 Å². The highest BCUT2D eigenvalue weighted by Crippen LogP contribution is 2.23. The van der Waals surface area contributed by atoms with Crippen LogP contribution in [0.2, 0.25) is 5.02 Å². The average Bonchev–Trinajstić information content (AvgIpc) is 2.92. The molecule has 0 bridgehead atoms. The summed E-state index contributed by atoms with van der Waals surface area (Å²) >= 11 is 6.00. The number of benzene rings is 3. The summed E-state index contributed by atoms with van der Waals surface area (Å²) in [7, 11) is -3.73. The standard InChI is InChI=1S/C29H33ClN2O5S.ClH/c1-20(31-19-28(34)23-3-2-4-24(30)18-23)17-21-5-9-26(10-6-21)38(36,37)27-11-7-22(8-12-27)29(35)32-15-13-25(33)14-16-32;/h2-12,18,20,25,28,31,33-34H,13-17,19H2,1H3;1H/t20-,28+;/m1./s1. The molecule has 1 heterocycles. The number of rotatable bonds is 9. The van der Waals surface area contributed by atoms with Gasteiger partial charge in [0.2, 0.25) is 9.84 Å². The first-order valence-corrected chi connectivity index (χ1v) is 14.6. The third kappa shape index (κ3) is 8.03. The van der Waals surface area contributed by atoms with Crippen molar-refractivity contribution in [3.8, 4) is 0 Å². The Morgan fingerprint density at radius 2 is 1.62 bits per heavy atom. The van der Waals surface area contributed by atoms with Gasteiger partial charge in [0.15, 0.2) is 0 Å². The number of piperidine rings is 1. The van der Waals surface area contributed by atoms with E-state index < -0.39 is 15.9 Å². The van der Waals surface area contributed by atoms with E-state index in [1.165, 1.54) is 12.1 Å². The molecule has 1 amide bonds. The topological polar surface area (TPSA) is 107 Å². The van der Waals surface area contributed by atoms with E-state index in [1.807, 2.05) is 13.0 Å². The number of aliphatic hydroxyl groups excluding tert-OH is 2. The Kier molecular flexibility index (Phi) is 11.0. The zero-order chi connectivity index (χ0) is 27.3. The van der Waals surface area contributed by atoms with E-state index in [0.29, 0.717) is 49.5 Å². The maximum Gasteiger partial charge on any atom is 0.253 e. The van der Waals surface area contributed by atoms with Gasteiger partial charge in [-0.2, -0.15) is 0 Å². The minimum atomic E-state index is -3.73. The molecular weight excluding hydrogens is 559 g/mol. The quantitative estimate of drug-likeness (QED) is 0.339. The van der Waals surface area contributed by atoms with Gasteiger partial charge in [0, 0.05) is 36.3 Å². The Balaban J connectivity index is 0.00000420. The summed E-state index contributed by atoms with van der Waals surface area (Å²) in [5, 5.41) is 23.9. The molecule has 1 fully saturated rings. The number of nitrogens with one attached hydrogen (secondary N) is 1. The SMILES string of the molecule is C[C@H](Cc1ccc(S(=O)(=O)c2ccc(C(=O)N3CCC(O)CC3)cc2)cc1)NC[C@H](O)c1cccc(Cl)c1.Cl. The number of halogens is 2. The minimum absolute atomic E-state index is 0. The normalized spacial score (nSPS) is 15.8. The molecule has 210 valence electrons. The number of amides is 1. The van der Waals surface area contributed by atoms with Crippen LogP contribution in [0.3, 0.4) is 0 Å². The van der Waals surface area contributed by atoms with Crippen LogP contribution in [-0.2, 0) is 16.3 Å². The van der Waals surface area contributed by atoms with Crippen molar-refractivity contribution in [1.82, 2.24) is 10.2 Å². The number of carbonyl (C=O) groups excluding carboxylic acids is 1. The Morgan fingerprint density at radius 1 is 1.03 bits per heavy atom. The summed E-state index contributed by atoms with van der Waals surface area (Å²) in [5.74, 6) is -0.159. The lowest BCUT2D eigenvalue weighted by atomic mass is 10.1. The third-order valence-electron chi connectivity index (χ3n) is 6.83. The van der Waals surface area contributed by atoms with Gasteiger partial charge in [-0.05, 0) is 85.8 Å². The van der Waals surface area contributed by atoms with Crippen molar-refractivity contribution < 1.29 is 23.4 Å². The average molecular weight is 594 g/mol. The lowest BCUT2D eigenvalue weighted by Gasteiger charge is -2.29. The number of nitrogens with zero attached hydrogens (tertiary/aromatic N) is 1. The molecule has 0 unspecified atom stereocenters. The van der Waals surface area contributed by atoms with Gasteiger partial charge in [0.1, 0.15) is 0 Å². The van der Waals surface area contributed by atoms with Crippen LogP contribution in [0.4, 0.5) is 0 Å². The van der Waals surface area contributed by atoms with Crippen molar-refractivity contribution in [2.75, 3.05) is 19.6 Å². The van der Waals surface area contributed by atoms with Gasteiger partial charge in [0.25, 0.3) is 5.91 Å². The maximum atomic E-state index is 13.1. The summed E-state index contributed by atoms with van der Waals surface area (Å²) < 4.78 is 26.3. The van der Waals surface area contributed by atoms with Gasteiger partial charge in [-0.3, -0.25) is 4.79 Å². The van der Waals surface area contributed by atoms with Gasteiger partial charge >= 0.3 is 0 Å². The van der Waals surface area contributed by atoms with E-state index in [-0.39, 0.29) is 40.3 Å². The number of hydrogen-bond donors (Lipinski definition) is 3. The van der Waals surface area contributed by atoms with Crippen LogP contribution in [0.25, 0.3) is 0 Å². The number of likely N-dealkylation sites (tertiary alicyclic amines) is 1. The molecule has 1 saturated heterocycles. The van der Waals surface area contributed by atoms with E-state index in [4.69, 9.17) is 11.6 Å². The molecule has 0 saturated carbocycles. The molecule has 7 nitrogen and oxygen atoms in total. The Bertz CT molecular complexity index is 1340. The largest absolute Gasteiger partial charge is 0.393 e. The molecule has 1 aliphatic heterocycles. The molecule has 4 rings (SSSR count). The maximum absolute atomic E-state index is 13.1. The monoisotopic (exact) mass is 592 g/mol. The van der Waals surface area contributed by atoms with Crippen LogP contribution in [-0.4, -0.2) is 61.2 Å². The van der Waals surface area contributed by atoms with Crippen LogP contribution < -0.4 is 5.32 Å². The highest BCUT2D eigenvalue weighted by molar-refractivity contribution is 7.91. The van der Waals surface area contributed by atoms with Crippen molar-refractivity contribution in [2.45, 2.75) is 54.2 Å². The molecule has 2 atom stereocenters. The van der Waals surface area contributed by atoms with Gasteiger partial charge in [-0.1, -0.05) is 35.9 Å². The highest BCUT2D eigenvalue weighted by atomic mass is 35.5. The third-order valence-corrected chi connectivity index (χ3v) is 8.85. The zero-order valence-electron chi connectivity index (χ0n) is 21.7. The minimum Gasteiger partial charge on any atom is -0.393 e. The predicted molar refractivity (Wildman–Crippen MR) is 154 cm³/mol. The Hall–Kier alpha value is -2.46. The molecule has 3 aromatic carbocycles. The van der Waals surface area contributed by atoms with Crippen LogP contribution in [0, 0.1) is 0 Å². The summed E-state index contributed by atoms with van der Waals surface area (Å²) in [6.07, 6.45) is 0.706. The summed E-state index contributed by atoms with van der Waals surface area (Å²) in [4.78, 5) is 14.7. The molecule has 0 spiro atoms. The fourth-order valence-corrected chi connectivity index (χ4v) is 6.00. The van der Waals surface area contributed by atoms with E-state index >= 15 is 0 Å². The van der Waals surface area contributed by atoms with Crippen molar-refractivity contribution in [2.24, 2.45) is 0 Å². The summed E-state index contributed by atoms with van der Waals surface area (Å²) in [6.45, 7) is 3.35. The number of carbonyl (C=O) groups is 1. The van der Waals surface area contributed by atoms with Crippen LogP contribution >= 0.6 is 24.0 Å². The van der Waals surface area contributed by atoms with Crippen LogP contribution in [0.15, 0.2) is 82.6 Å². The molecule has 39 heavy (non-hydrogen) atoms. The number of hydrogen-bond acceptors (Lipinski definition) is 6. The second-order valence-electron chi connectivity index (χ2n) is 9.78. The molecule has 0 aliphatic carbocycles. The first-order valence-electron chi connectivity index (χ1n) is 12.7. The molecule has 0 aromatic heterocycles. The fraction of sp³-hybridized carbons (Fsp3) is 0.345. The second kappa shape index (κ2) is 13.7. The van der Waals surface area contributed by atoms with Gasteiger partial charge in [0.05, 0.1) is 22.0 Å². The van der Waals surface area contributed by atoms with Crippen molar-refractivity contribution in [3.05, 3.63) is 94.5 Å². The van der Waals surface area contributed by atoms with Gasteiger partial charge in [-0.25, -0.2) is 8.42 Å². The second-order valence-corrected chi connectivity index (χ2v) is 12.2. The zero-order valence-corrected chi connectivity index (χ0v) is 24.1. The highest BCUT2D eigenvalue weighted by Gasteiger charge is 2.23. The van der Waals surface area contributed by atoms with Crippen molar-refractivity contribution >= 4 is 39.8 Å². The Labute approximate surface area is 241 Å². The first-order chi connectivity index (χ1) is 18.1. The molecule has 3 aromatic rings. The van der Waals surface area contributed by atoms with E-state index in [9.17, 15) is 23.4 Å². The summed E-state index contributed by atoms with van der Waals surface area (Å²) in [5.41, 5.74) is 2.14. The molecule has 0 radical (unpaired) electrons. The predicted octanol–water partition coefficient (Wildman–Crippen LogP) is 4.45. The number of sulfone groups is 1. The molecule has 10 heteroatoms.